The van der Waals surface area contributed by atoms with Gasteiger partial charge in [0.15, 0.2) is 5.69 Å². The molecule has 15 heavy (non-hydrogen) atoms. The van der Waals surface area contributed by atoms with Gasteiger partial charge in [0.05, 0.1) is 12.4 Å². The highest BCUT2D eigenvalue weighted by Crippen LogP contribution is 2.20. The molecule has 4 nitrogen and oxygen atoms in total. The standard InChI is InChI=1S/C11H14N4/c12-6-10-7-14-11(8-13-10)15-9-4-2-1-3-5-9/h7-9H,1-5H2,(H,14,15). The summed E-state index contributed by atoms with van der Waals surface area (Å²) < 4.78 is 0. The molecule has 0 saturated heterocycles. The van der Waals surface area contributed by atoms with Crippen LogP contribution in [0.15, 0.2) is 12.4 Å². The van der Waals surface area contributed by atoms with Crippen LogP contribution in [0.5, 0.6) is 0 Å². The zero-order chi connectivity index (χ0) is 10.5. The van der Waals surface area contributed by atoms with E-state index in [1.54, 1.807) is 6.20 Å². The van der Waals surface area contributed by atoms with E-state index in [0.29, 0.717) is 11.7 Å². The normalized spacial score (nSPS) is 17.0. The first kappa shape index (κ1) is 9.91. The summed E-state index contributed by atoms with van der Waals surface area (Å²) in [5.41, 5.74) is 0.365. The Bertz CT molecular complexity index is 346. The Morgan fingerprint density at radius 3 is 2.60 bits per heavy atom. The number of anilines is 1. The summed E-state index contributed by atoms with van der Waals surface area (Å²) in [6, 6.07) is 2.49. The molecule has 0 radical (unpaired) electrons. The number of hydrogen-bond acceptors (Lipinski definition) is 4. The second-order valence-electron chi connectivity index (χ2n) is 3.88. The van der Waals surface area contributed by atoms with Crippen molar-refractivity contribution in [2.24, 2.45) is 0 Å². The van der Waals surface area contributed by atoms with Crippen molar-refractivity contribution in [2.75, 3.05) is 5.32 Å². The number of rotatable bonds is 2. The lowest BCUT2D eigenvalue weighted by atomic mass is 9.96. The molecular formula is C11H14N4. The molecule has 1 aliphatic rings. The van der Waals surface area contributed by atoms with Crippen molar-refractivity contribution in [3.63, 3.8) is 0 Å². The first-order valence-electron chi connectivity index (χ1n) is 5.37. The van der Waals surface area contributed by atoms with Crippen molar-refractivity contribution in [1.29, 1.82) is 5.26 Å². The van der Waals surface area contributed by atoms with E-state index in [1.165, 1.54) is 38.3 Å². The SMILES string of the molecule is N#Cc1cnc(NC2CCCCC2)cn1. The molecule has 0 atom stereocenters. The summed E-state index contributed by atoms with van der Waals surface area (Å²) in [6.45, 7) is 0. The minimum Gasteiger partial charge on any atom is -0.366 e. The summed E-state index contributed by atoms with van der Waals surface area (Å²) in [5.74, 6) is 0.779. The lowest BCUT2D eigenvalue weighted by Gasteiger charge is -2.22. The minimum absolute atomic E-state index is 0.365. The van der Waals surface area contributed by atoms with Gasteiger partial charge < -0.3 is 5.32 Å². The lowest BCUT2D eigenvalue weighted by molar-refractivity contribution is 0.461. The van der Waals surface area contributed by atoms with Gasteiger partial charge in [-0.3, -0.25) is 0 Å². The maximum atomic E-state index is 8.58. The molecule has 1 heterocycles. The predicted octanol–water partition coefficient (Wildman–Crippen LogP) is 2.09. The third-order valence-electron chi connectivity index (χ3n) is 2.72. The smallest absolute Gasteiger partial charge is 0.158 e. The first-order chi connectivity index (χ1) is 7.38. The monoisotopic (exact) mass is 202 g/mol. The second kappa shape index (κ2) is 4.74. The van der Waals surface area contributed by atoms with E-state index in [9.17, 15) is 0 Å². The van der Waals surface area contributed by atoms with Crippen molar-refractivity contribution >= 4 is 5.82 Å². The van der Waals surface area contributed by atoms with Crippen LogP contribution in [0.1, 0.15) is 37.8 Å². The zero-order valence-electron chi connectivity index (χ0n) is 8.61. The van der Waals surface area contributed by atoms with Gasteiger partial charge in [0.1, 0.15) is 11.9 Å². The quantitative estimate of drug-likeness (QED) is 0.797. The molecule has 0 spiro atoms. The number of nitriles is 1. The zero-order valence-corrected chi connectivity index (χ0v) is 8.61. The van der Waals surface area contributed by atoms with Crippen LogP contribution in [0.2, 0.25) is 0 Å². The number of nitrogens with zero attached hydrogens (tertiary/aromatic N) is 3. The van der Waals surface area contributed by atoms with Gasteiger partial charge in [0, 0.05) is 6.04 Å². The molecular weight excluding hydrogens is 188 g/mol. The van der Waals surface area contributed by atoms with E-state index in [1.807, 2.05) is 6.07 Å². The number of aromatic nitrogens is 2. The van der Waals surface area contributed by atoms with Crippen molar-refractivity contribution < 1.29 is 0 Å². The first-order valence-corrected chi connectivity index (χ1v) is 5.37. The third kappa shape index (κ3) is 2.66. The molecule has 1 fully saturated rings. The fourth-order valence-electron chi connectivity index (χ4n) is 1.92. The van der Waals surface area contributed by atoms with Crippen LogP contribution in [-0.4, -0.2) is 16.0 Å². The highest BCUT2D eigenvalue weighted by molar-refractivity contribution is 5.34. The van der Waals surface area contributed by atoms with Gasteiger partial charge in [-0.2, -0.15) is 5.26 Å². The summed E-state index contributed by atoms with van der Waals surface area (Å²) in [7, 11) is 0. The van der Waals surface area contributed by atoms with E-state index >= 15 is 0 Å². The van der Waals surface area contributed by atoms with Crippen molar-refractivity contribution in [2.45, 2.75) is 38.1 Å². The van der Waals surface area contributed by atoms with Gasteiger partial charge in [-0.1, -0.05) is 19.3 Å². The predicted molar refractivity (Wildman–Crippen MR) is 57.2 cm³/mol. The van der Waals surface area contributed by atoms with Crippen LogP contribution in [0, 0.1) is 11.3 Å². The molecule has 2 rings (SSSR count). The average Bonchev–Trinajstić information content (AvgIpc) is 2.31. The molecule has 1 aromatic rings. The van der Waals surface area contributed by atoms with Crippen molar-refractivity contribution in [3.8, 4) is 6.07 Å². The Hall–Kier alpha value is -1.63. The maximum absolute atomic E-state index is 8.58. The summed E-state index contributed by atoms with van der Waals surface area (Å²) in [6.07, 6.45) is 9.49. The van der Waals surface area contributed by atoms with Gasteiger partial charge in [-0.05, 0) is 12.8 Å². The van der Waals surface area contributed by atoms with Crippen molar-refractivity contribution in [1.82, 2.24) is 9.97 Å². The van der Waals surface area contributed by atoms with Gasteiger partial charge >= 0.3 is 0 Å². The van der Waals surface area contributed by atoms with E-state index < -0.39 is 0 Å². The van der Waals surface area contributed by atoms with E-state index in [-0.39, 0.29) is 0 Å². The molecule has 1 aliphatic carbocycles. The number of nitrogens with one attached hydrogen (secondary N) is 1. The lowest BCUT2D eigenvalue weighted by Crippen LogP contribution is -2.22. The largest absolute Gasteiger partial charge is 0.366 e. The maximum Gasteiger partial charge on any atom is 0.158 e. The fraction of sp³-hybridized carbons (Fsp3) is 0.545. The Morgan fingerprint density at radius 1 is 1.20 bits per heavy atom. The van der Waals surface area contributed by atoms with Crippen molar-refractivity contribution in [3.05, 3.63) is 18.1 Å². The van der Waals surface area contributed by atoms with Crippen LogP contribution in [0.25, 0.3) is 0 Å². The Labute approximate surface area is 89.4 Å². The molecule has 1 saturated carbocycles. The van der Waals surface area contributed by atoms with Crippen LogP contribution >= 0.6 is 0 Å². The average molecular weight is 202 g/mol. The van der Waals surface area contributed by atoms with Gasteiger partial charge in [0.25, 0.3) is 0 Å². The molecule has 0 aromatic carbocycles. The molecule has 0 amide bonds. The fourth-order valence-corrected chi connectivity index (χ4v) is 1.92. The molecule has 0 unspecified atom stereocenters. The third-order valence-corrected chi connectivity index (χ3v) is 2.72. The van der Waals surface area contributed by atoms with Crippen LogP contribution in [0.3, 0.4) is 0 Å². The topological polar surface area (TPSA) is 61.6 Å². The Kier molecular flexibility index (Phi) is 3.13. The highest BCUT2D eigenvalue weighted by atomic mass is 15.0. The summed E-state index contributed by atoms with van der Waals surface area (Å²) in [5, 5.41) is 11.9. The summed E-state index contributed by atoms with van der Waals surface area (Å²) in [4.78, 5) is 8.12. The van der Waals surface area contributed by atoms with E-state index in [2.05, 4.69) is 15.3 Å². The number of hydrogen-bond donors (Lipinski definition) is 1. The Morgan fingerprint density at radius 2 is 2.00 bits per heavy atom. The van der Waals surface area contributed by atoms with Gasteiger partial charge in [-0.25, -0.2) is 9.97 Å². The van der Waals surface area contributed by atoms with Crippen LogP contribution in [0.4, 0.5) is 5.82 Å². The minimum atomic E-state index is 0.365. The molecule has 1 aromatic heterocycles. The van der Waals surface area contributed by atoms with Gasteiger partial charge in [-0.15, -0.1) is 0 Å². The molecule has 78 valence electrons. The Balaban J connectivity index is 1.95. The highest BCUT2D eigenvalue weighted by Gasteiger charge is 2.13. The molecule has 1 N–H and O–H groups in total. The van der Waals surface area contributed by atoms with Crippen LogP contribution < -0.4 is 5.32 Å². The molecule has 0 aliphatic heterocycles. The molecule has 4 heteroatoms. The van der Waals surface area contributed by atoms with E-state index in [4.69, 9.17) is 5.26 Å². The van der Waals surface area contributed by atoms with Crippen LogP contribution in [-0.2, 0) is 0 Å². The summed E-state index contributed by atoms with van der Waals surface area (Å²) >= 11 is 0. The molecule has 0 bridgehead atoms. The second-order valence-corrected chi connectivity index (χ2v) is 3.88. The van der Waals surface area contributed by atoms with Gasteiger partial charge in [0.2, 0.25) is 0 Å². The van der Waals surface area contributed by atoms with E-state index in [0.717, 1.165) is 5.82 Å².